The SMILES string of the molecule is CCC[C@H]1OC(=O)[C@H](C)[C@@H](OC2CC(C)(OC)CC(C)O2)[C@H](C)[C@@H](O[C@H]2OC(C)CC(N(C)C)C2OC(C)=O)[C@H]2C[C@@H](C)[C@](O)(O2)[C@H](C)[C@H]2OC(=O)O[C@@]21C. The Labute approximate surface area is 326 Å². The first-order valence-electron chi connectivity index (χ1n) is 20.2. The molecule has 0 saturated carbocycles. The Bertz CT molecular complexity index is 1370. The fraction of sp³-hybridized carbons (Fsp3) is 0.925. The van der Waals surface area contributed by atoms with Gasteiger partial charge in [-0.25, -0.2) is 4.79 Å². The first-order chi connectivity index (χ1) is 25.7. The number of nitrogens with zero attached hydrogens (tertiary/aromatic N) is 1. The van der Waals surface area contributed by atoms with Gasteiger partial charge >= 0.3 is 18.1 Å². The van der Waals surface area contributed by atoms with E-state index in [1.165, 1.54) is 6.92 Å². The number of likely N-dealkylation sites (N-methyl/N-ethyl adjacent to an activating group) is 1. The third-order valence-corrected chi connectivity index (χ3v) is 12.9. The fourth-order valence-corrected chi connectivity index (χ4v) is 9.70. The number of carbonyl (C=O) groups is 3. The Balaban J connectivity index is 1.63. The average molecular weight is 786 g/mol. The molecule has 55 heavy (non-hydrogen) atoms. The number of hydrogen-bond donors (Lipinski definition) is 1. The van der Waals surface area contributed by atoms with E-state index in [0.717, 1.165) is 0 Å². The second kappa shape index (κ2) is 17.0. The number of cyclic esters (lactones) is 1. The van der Waals surface area contributed by atoms with Crippen molar-refractivity contribution in [2.45, 2.75) is 192 Å². The summed E-state index contributed by atoms with van der Waals surface area (Å²) in [4.78, 5) is 41.9. The van der Waals surface area contributed by atoms with E-state index in [0.29, 0.717) is 38.5 Å². The molecule has 5 saturated heterocycles. The standard InChI is InChI=1S/C40H67NO14/c1-14-15-29-39(10)34(53-37(44)55-39)25(7)40(45)20(2)16-28(54-40)32(52-36-33(49-26(8)42)27(41(11)12)17-21(3)48-36)23(5)31(24(6)35(43)50-29)51-30-19-38(9,46-13)18-22(4)47-30/h20-25,27-34,36,45H,14-19H2,1-13H3/t20-,21?,22?,23+,24-,25-,27?,28-,29-,30?,31+,32-,33?,34-,36-,38?,39-,40+/m1/s1. The number of aliphatic hydroxyl groups is 1. The normalized spacial score (nSPS) is 48.1. The number of ether oxygens (including phenoxy) is 10. The van der Waals surface area contributed by atoms with Gasteiger partial charge in [0, 0.05) is 38.7 Å². The smallest absolute Gasteiger partial charge is 0.458 e. The minimum absolute atomic E-state index is 0.203. The van der Waals surface area contributed by atoms with Crippen molar-refractivity contribution in [1.29, 1.82) is 0 Å². The molecule has 0 aromatic carbocycles. The Morgan fingerprint density at radius 1 is 0.927 bits per heavy atom. The Morgan fingerprint density at radius 2 is 1.62 bits per heavy atom. The van der Waals surface area contributed by atoms with Gasteiger partial charge in [0.05, 0.1) is 54.0 Å². The van der Waals surface area contributed by atoms with Gasteiger partial charge in [-0.15, -0.1) is 0 Å². The van der Waals surface area contributed by atoms with Gasteiger partial charge in [-0.3, -0.25) is 9.59 Å². The van der Waals surface area contributed by atoms with Crippen molar-refractivity contribution in [3.05, 3.63) is 0 Å². The molecule has 6 unspecified atom stereocenters. The summed E-state index contributed by atoms with van der Waals surface area (Å²) in [5.41, 5.74) is -1.99. The lowest BCUT2D eigenvalue weighted by molar-refractivity contribution is -0.317. The molecule has 15 heteroatoms. The Hall–Kier alpha value is -2.11. The van der Waals surface area contributed by atoms with Gasteiger partial charge in [0.15, 0.2) is 36.2 Å². The topological polar surface area (TPSA) is 167 Å². The molecule has 5 fully saturated rings. The third kappa shape index (κ3) is 8.99. The van der Waals surface area contributed by atoms with Gasteiger partial charge in [0.25, 0.3) is 0 Å². The van der Waals surface area contributed by atoms with Crippen LogP contribution in [0.25, 0.3) is 0 Å². The summed E-state index contributed by atoms with van der Waals surface area (Å²) in [7, 11) is 5.49. The molecule has 0 amide bonds. The van der Waals surface area contributed by atoms with Crippen LogP contribution in [0, 0.1) is 23.7 Å². The van der Waals surface area contributed by atoms with Crippen LogP contribution in [0.1, 0.15) is 108 Å². The summed E-state index contributed by atoms with van der Waals surface area (Å²) in [5.74, 6) is -5.72. The van der Waals surface area contributed by atoms with Crippen LogP contribution in [0.15, 0.2) is 0 Å². The van der Waals surface area contributed by atoms with Gasteiger partial charge in [-0.2, -0.15) is 0 Å². The van der Waals surface area contributed by atoms with E-state index in [4.69, 9.17) is 47.4 Å². The van der Waals surface area contributed by atoms with Crippen LogP contribution in [0.3, 0.4) is 0 Å². The zero-order valence-electron chi connectivity index (χ0n) is 35.1. The van der Waals surface area contributed by atoms with Gasteiger partial charge in [-0.05, 0) is 68.0 Å². The van der Waals surface area contributed by atoms with Crippen LogP contribution in [0.2, 0.25) is 0 Å². The van der Waals surface area contributed by atoms with E-state index in [-0.39, 0.29) is 18.2 Å². The van der Waals surface area contributed by atoms with Crippen molar-refractivity contribution in [3.8, 4) is 0 Å². The maximum atomic E-state index is 14.5. The molecule has 0 radical (unpaired) electrons. The maximum Gasteiger partial charge on any atom is 0.509 e. The number of esters is 2. The van der Waals surface area contributed by atoms with Gasteiger partial charge in [0.1, 0.15) is 6.10 Å². The Kier molecular flexibility index (Phi) is 13.6. The van der Waals surface area contributed by atoms with Crippen LogP contribution in [0.5, 0.6) is 0 Å². The third-order valence-electron chi connectivity index (χ3n) is 12.9. The maximum absolute atomic E-state index is 14.5. The monoisotopic (exact) mass is 785 g/mol. The number of carbonyl (C=O) groups excluding carboxylic acids is 3. The van der Waals surface area contributed by atoms with E-state index in [1.54, 1.807) is 27.9 Å². The lowest BCUT2D eigenvalue weighted by Crippen LogP contribution is -2.59. The van der Waals surface area contributed by atoms with Gasteiger partial charge in [0.2, 0.25) is 0 Å². The van der Waals surface area contributed by atoms with Crippen LogP contribution in [-0.2, 0) is 57.0 Å². The zero-order chi connectivity index (χ0) is 40.8. The quantitative estimate of drug-likeness (QED) is 0.252. The molecular weight excluding hydrogens is 718 g/mol. The first kappa shape index (κ1) is 44.0. The Morgan fingerprint density at radius 3 is 2.24 bits per heavy atom. The highest BCUT2D eigenvalue weighted by Gasteiger charge is 2.64. The van der Waals surface area contributed by atoms with Crippen LogP contribution < -0.4 is 0 Å². The highest BCUT2D eigenvalue weighted by atomic mass is 16.8. The molecular formula is C40H67NO14. The molecule has 0 aromatic heterocycles. The molecule has 0 spiro atoms. The molecule has 18 atom stereocenters. The highest BCUT2D eigenvalue weighted by Crippen LogP contribution is 2.50. The van der Waals surface area contributed by atoms with E-state index >= 15 is 0 Å². The molecule has 316 valence electrons. The fourth-order valence-electron chi connectivity index (χ4n) is 9.70. The van der Waals surface area contributed by atoms with Crippen molar-refractivity contribution in [2.24, 2.45) is 23.7 Å². The summed E-state index contributed by atoms with van der Waals surface area (Å²) >= 11 is 0. The molecule has 0 aliphatic carbocycles. The van der Waals surface area contributed by atoms with Crippen molar-refractivity contribution in [3.63, 3.8) is 0 Å². The second-order valence-electron chi connectivity index (χ2n) is 17.6. The average Bonchev–Trinajstić information content (AvgIpc) is 3.58. The molecule has 5 aliphatic rings. The van der Waals surface area contributed by atoms with Crippen LogP contribution in [-0.4, -0.2) is 134 Å². The molecule has 1 N–H and O–H groups in total. The van der Waals surface area contributed by atoms with Crippen LogP contribution in [0.4, 0.5) is 4.79 Å². The highest BCUT2D eigenvalue weighted by molar-refractivity contribution is 5.73. The predicted molar refractivity (Wildman–Crippen MR) is 196 cm³/mol. The van der Waals surface area contributed by atoms with Crippen molar-refractivity contribution < 1.29 is 66.9 Å². The van der Waals surface area contributed by atoms with Gasteiger partial charge in [-0.1, -0.05) is 34.1 Å². The van der Waals surface area contributed by atoms with Gasteiger partial charge < -0.3 is 57.4 Å². The van der Waals surface area contributed by atoms with Crippen molar-refractivity contribution in [2.75, 3.05) is 21.2 Å². The van der Waals surface area contributed by atoms with Crippen molar-refractivity contribution in [1.82, 2.24) is 4.90 Å². The molecule has 5 heterocycles. The molecule has 0 aromatic rings. The van der Waals surface area contributed by atoms with E-state index < -0.39 is 108 Å². The van der Waals surface area contributed by atoms with E-state index in [2.05, 4.69) is 0 Å². The summed E-state index contributed by atoms with van der Waals surface area (Å²) in [6.45, 7) is 18.2. The lowest BCUT2D eigenvalue weighted by Gasteiger charge is -2.46. The summed E-state index contributed by atoms with van der Waals surface area (Å²) < 4.78 is 63.2. The predicted octanol–water partition coefficient (Wildman–Crippen LogP) is 4.73. The second-order valence-corrected chi connectivity index (χ2v) is 17.6. The first-order valence-corrected chi connectivity index (χ1v) is 20.2. The molecule has 5 aliphatic heterocycles. The summed E-state index contributed by atoms with van der Waals surface area (Å²) in [6.07, 6.45) is -5.59. The summed E-state index contributed by atoms with van der Waals surface area (Å²) in [5, 5.41) is 12.6. The van der Waals surface area contributed by atoms with Crippen molar-refractivity contribution >= 4 is 18.1 Å². The number of rotatable bonds is 9. The minimum Gasteiger partial charge on any atom is -0.458 e. The minimum atomic E-state index is -1.83. The molecule has 2 bridgehead atoms. The molecule has 5 rings (SSSR count). The number of methoxy groups -OCH3 is 1. The van der Waals surface area contributed by atoms with E-state index in [1.807, 2.05) is 60.5 Å². The number of fused-ring (bicyclic) bond motifs is 3. The zero-order valence-corrected chi connectivity index (χ0v) is 35.1. The number of hydrogen-bond acceptors (Lipinski definition) is 15. The van der Waals surface area contributed by atoms with Crippen LogP contribution >= 0.6 is 0 Å². The summed E-state index contributed by atoms with van der Waals surface area (Å²) in [6, 6.07) is -0.238. The largest absolute Gasteiger partial charge is 0.509 e. The van der Waals surface area contributed by atoms with E-state index in [9.17, 15) is 19.5 Å². The lowest BCUT2D eigenvalue weighted by atomic mass is 9.76. The molecule has 15 nitrogen and oxygen atoms in total.